The Kier molecular flexibility index (Phi) is 6.14. The summed E-state index contributed by atoms with van der Waals surface area (Å²) in [7, 11) is 0. The van der Waals surface area contributed by atoms with E-state index in [2.05, 4.69) is 36.1 Å². The van der Waals surface area contributed by atoms with Crippen LogP contribution in [-0.4, -0.2) is 22.7 Å². The molecule has 1 N–H and O–H groups in total. The third-order valence-electron chi connectivity index (χ3n) is 6.36. The Balaban J connectivity index is 1.38. The highest BCUT2D eigenvalue weighted by Gasteiger charge is 2.43. The molecule has 1 aliphatic carbocycles. The highest BCUT2D eigenvalue weighted by Crippen LogP contribution is 2.52. The molecule has 5 nitrogen and oxygen atoms in total. The molecule has 3 aliphatic rings. The van der Waals surface area contributed by atoms with Crippen LogP contribution in [0.1, 0.15) is 58.4 Å². The number of halogens is 1. The molecule has 0 saturated heterocycles. The first kappa shape index (κ1) is 22.3. The lowest BCUT2D eigenvalue weighted by Gasteiger charge is -2.34. The lowest BCUT2D eigenvalue weighted by Crippen LogP contribution is -2.28. The van der Waals surface area contributed by atoms with E-state index in [0.29, 0.717) is 28.9 Å². The number of carbonyl (C=O) groups excluding carboxylic acids is 2. The average Bonchev–Trinajstić information content (AvgIpc) is 3.06. The SMILES string of the molecule is Cc1ccc(NC(=O)CCC2=NC(=O)C3C(=N2)SC2=C3CCC(C(C)(C)C)C2)cc1Cl. The van der Waals surface area contributed by atoms with E-state index in [0.717, 1.165) is 29.9 Å². The number of amides is 2. The Labute approximate surface area is 192 Å². The molecule has 0 spiro atoms. The molecule has 1 aromatic rings. The number of thioether (sulfide) groups is 1. The predicted octanol–water partition coefficient (Wildman–Crippen LogP) is 6.17. The molecule has 2 atom stereocenters. The van der Waals surface area contributed by atoms with E-state index in [9.17, 15) is 9.59 Å². The smallest absolute Gasteiger partial charge is 0.261 e. The minimum atomic E-state index is -0.284. The minimum absolute atomic E-state index is 0.127. The van der Waals surface area contributed by atoms with Gasteiger partial charge >= 0.3 is 0 Å². The number of amidine groups is 1. The number of allylic oxidation sites excluding steroid dienone is 1. The van der Waals surface area contributed by atoms with Gasteiger partial charge in [-0.05, 0) is 65.7 Å². The largest absolute Gasteiger partial charge is 0.326 e. The predicted molar refractivity (Wildman–Crippen MR) is 129 cm³/mol. The summed E-state index contributed by atoms with van der Waals surface area (Å²) in [4.78, 5) is 35.4. The maximum absolute atomic E-state index is 12.8. The van der Waals surface area contributed by atoms with Gasteiger partial charge in [0.1, 0.15) is 11.8 Å². The van der Waals surface area contributed by atoms with E-state index < -0.39 is 0 Å². The zero-order valence-electron chi connectivity index (χ0n) is 18.4. The van der Waals surface area contributed by atoms with Crippen molar-refractivity contribution in [1.29, 1.82) is 0 Å². The first-order chi connectivity index (χ1) is 14.6. The first-order valence-electron chi connectivity index (χ1n) is 10.8. The number of aryl methyl sites for hydroxylation is 1. The van der Waals surface area contributed by atoms with Gasteiger partial charge in [-0.2, -0.15) is 4.99 Å². The van der Waals surface area contributed by atoms with Crippen molar-refractivity contribution in [3.05, 3.63) is 39.3 Å². The quantitative estimate of drug-likeness (QED) is 0.587. The number of hydrogen-bond donors (Lipinski definition) is 1. The zero-order chi connectivity index (χ0) is 22.3. The van der Waals surface area contributed by atoms with Gasteiger partial charge in [0.15, 0.2) is 0 Å². The van der Waals surface area contributed by atoms with Crippen LogP contribution < -0.4 is 5.32 Å². The zero-order valence-corrected chi connectivity index (χ0v) is 20.0. The molecule has 0 saturated carbocycles. The maximum atomic E-state index is 12.8. The number of benzene rings is 1. The van der Waals surface area contributed by atoms with Gasteiger partial charge in [-0.1, -0.05) is 50.2 Å². The molecule has 1 aromatic carbocycles. The lowest BCUT2D eigenvalue weighted by atomic mass is 9.71. The van der Waals surface area contributed by atoms with Crippen molar-refractivity contribution in [2.75, 3.05) is 5.32 Å². The van der Waals surface area contributed by atoms with Crippen molar-refractivity contribution in [2.24, 2.45) is 27.2 Å². The summed E-state index contributed by atoms with van der Waals surface area (Å²) in [6.07, 6.45) is 3.63. The molecule has 0 fully saturated rings. The third kappa shape index (κ3) is 4.80. The molecular formula is C24H28ClN3O2S. The third-order valence-corrected chi connectivity index (χ3v) is 7.98. The van der Waals surface area contributed by atoms with Gasteiger partial charge in [-0.3, -0.25) is 9.59 Å². The van der Waals surface area contributed by atoms with Crippen molar-refractivity contribution < 1.29 is 9.59 Å². The van der Waals surface area contributed by atoms with E-state index in [1.54, 1.807) is 17.8 Å². The normalized spacial score (nSPS) is 23.2. The second kappa shape index (κ2) is 8.55. The molecule has 4 rings (SSSR count). The number of anilines is 1. The van der Waals surface area contributed by atoms with E-state index in [-0.39, 0.29) is 29.6 Å². The summed E-state index contributed by atoms with van der Waals surface area (Å²) in [6, 6.07) is 5.42. The second-order valence-corrected chi connectivity index (χ2v) is 11.1. The molecule has 164 valence electrons. The average molecular weight is 458 g/mol. The van der Waals surface area contributed by atoms with E-state index in [1.807, 2.05) is 19.1 Å². The van der Waals surface area contributed by atoms with Crippen LogP contribution in [0.15, 0.2) is 38.7 Å². The first-order valence-corrected chi connectivity index (χ1v) is 12.0. The van der Waals surface area contributed by atoms with Crippen molar-refractivity contribution in [2.45, 2.75) is 59.8 Å². The Morgan fingerprint density at radius 1 is 1.29 bits per heavy atom. The lowest BCUT2D eigenvalue weighted by molar-refractivity contribution is -0.119. The van der Waals surface area contributed by atoms with Crippen LogP contribution in [0.4, 0.5) is 5.69 Å². The molecular weight excluding hydrogens is 430 g/mol. The molecule has 0 bridgehead atoms. The summed E-state index contributed by atoms with van der Waals surface area (Å²) < 4.78 is 0. The fourth-order valence-electron chi connectivity index (χ4n) is 4.33. The Morgan fingerprint density at radius 2 is 2.06 bits per heavy atom. The van der Waals surface area contributed by atoms with Crippen LogP contribution in [0.5, 0.6) is 0 Å². The Morgan fingerprint density at radius 3 is 2.77 bits per heavy atom. The van der Waals surface area contributed by atoms with Crippen LogP contribution in [0.3, 0.4) is 0 Å². The molecule has 0 aromatic heterocycles. The summed E-state index contributed by atoms with van der Waals surface area (Å²) in [5.41, 5.74) is 3.10. The van der Waals surface area contributed by atoms with Gasteiger partial charge in [0.25, 0.3) is 5.91 Å². The molecule has 2 unspecified atom stereocenters. The monoisotopic (exact) mass is 457 g/mol. The topological polar surface area (TPSA) is 70.9 Å². The number of nitrogens with one attached hydrogen (secondary N) is 1. The van der Waals surface area contributed by atoms with Gasteiger partial charge < -0.3 is 5.32 Å². The van der Waals surface area contributed by atoms with Crippen molar-refractivity contribution in [3.8, 4) is 0 Å². The van der Waals surface area contributed by atoms with Crippen LogP contribution in [0.25, 0.3) is 0 Å². The van der Waals surface area contributed by atoms with Crippen molar-refractivity contribution in [3.63, 3.8) is 0 Å². The number of aliphatic imine (C=N–C) groups is 2. The van der Waals surface area contributed by atoms with Crippen molar-refractivity contribution >= 4 is 51.7 Å². The number of fused-ring (bicyclic) bond motifs is 2. The standard InChI is InChI=1S/C24H28ClN3O2S/c1-13-5-7-15(12-17(13)25)26-20(29)10-9-19-27-22(30)21-16-8-6-14(24(2,3)4)11-18(16)31-23(21)28-19/h5,7,12,14,21H,6,8-11H2,1-4H3,(H,26,29). The van der Waals surface area contributed by atoms with Gasteiger partial charge in [-0.25, -0.2) is 4.99 Å². The second-order valence-electron chi connectivity index (χ2n) is 9.62. The van der Waals surface area contributed by atoms with E-state index in [1.165, 1.54) is 10.5 Å². The number of carbonyl (C=O) groups is 2. The summed E-state index contributed by atoms with van der Waals surface area (Å²) in [5, 5.41) is 4.30. The summed E-state index contributed by atoms with van der Waals surface area (Å²) in [5.74, 6) is 0.509. The van der Waals surface area contributed by atoms with Gasteiger partial charge in [0, 0.05) is 23.6 Å². The van der Waals surface area contributed by atoms with Gasteiger partial charge in [0.2, 0.25) is 5.91 Å². The van der Waals surface area contributed by atoms with Crippen molar-refractivity contribution in [1.82, 2.24) is 0 Å². The van der Waals surface area contributed by atoms with E-state index >= 15 is 0 Å². The summed E-state index contributed by atoms with van der Waals surface area (Å²) >= 11 is 7.78. The number of hydrogen-bond acceptors (Lipinski definition) is 4. The van der Waals surface area contributed by atoms with Crippen LogP contribution in [0, 0.1) is 24.2 Å². The highest BCUT2D eigenvalue weighted by molar-refractivity contribution is 8.17. The van der Waals surface area contributed by atoms with E-state index in [4.69, 9.17) is 11.6 Å². The molecule has 2 amide bonds. The molecule has 2 aliphatic heterocycles. The fraction of sp³-hybridized carbons (Fsp3) is 0.500. The maximum Gasteiger partial charge on any atom is 0.261 e. The van der Waals surface area contributed by atoms with Gasteiger partial charge in [-0.15, -0.1) is 0 Å². The molecule has 7 heteroatoms. The summed E-state index contributed by atoms with van der Waals surface area (Å²) in [6.45, 7) is 8.77. The molecule has 31 heavy (non-hydrogen) atoms. The minimum Gasteiger partial charge on any atom is -0.326 e. The number of nitrogens with zero attached hydrogens (tertiary/aromatic N) is 2. The fourth-order valence-corrected chi connectivity index (χ4v) is 5.91. The highest BCUT2D eigenvalue weighted by atomic mass is 35.5. The molecule has 0 radical (unpaired) electrons. The van der Waals surface area contributed by atoms with Gasteiger partial charge in [0.05, 0.1) is 5.04 Å². The van der Waals surface area contributed by atoms with Crippen LogP contribution in [0.2, 0.25) is 5.02 Å². The number of rotatable bonds is 4. The Hall–Kier alpha value is -1.92. The van der Waals surface area contributed by atoms with Crippen LogP contribution in [-0.2, 0) is 9.59 Å². The Bertz CT molecular complexity index is 1040. The molecule has 2 heterocycles. The van der Waals surface area contributed by atoms with Crippen LogP contribution >= 0.6 is 23.4 Å².